The van der Waals surface area contributed by atoms with E-state index in [1.54, 1.807) is 24.3 Å². The minimum Gasteiger partial charge on any atom is -0.378 e. The molecule has 0 N–H and O–H groups in total. The van der Waals surface area contributed by atoms with Gasteiger partial charge in [-0.25, -0.2) is 0 Å². The molecule has 0 amide bonds. The molecule has 0 unspecified atom stereocenters. The van der Waals surface area contributed by atoms with Gasteiger partial charge in [0.25, 0.3) is 0 Å². The Morgan fingerprint density at radius 2 is 1.41 bits per heavy atom. The van der Waals surface area contributed by atoms with Crippen molar-refractivity contribution in [3.8, 4) is 16.9 Å². The van der Waals surface area contributed by atoms with E-state index in [1.807, 2.05) is 51.1 Å². The minimum absolute atomic E-state index is 0.145. The molecule has 4 aromatic rings. The Balaban J connectivity index is 1.90. The van der Waals surface area contributed by atoms with Gasteiger partial charge < -0.3 is 4.18 Å². The van der Waals surface area contributed by atoms with E-state index in [4.69, 9.17) is 4.18 Å². The predicted octanol–water partition coefficient (Wildman–Crippen LogP) is 6.20. The van der Waals surface area contributed by atoms with Crippen LogP contribution >= 0.6 is 0 Å². The maximum absolute atomic E-state index is 13.0. The lowest BCUT2D eigenvalue weighted by atomic mass is 9.92. The maximum atomic E-state index is 13.0. The number of fused-ring (bicyclic) bond motifs is 1. The largest absolute Gasteiger partial charge is 0.378 e. The molecular formula is C25H22O3S. The molecule has 29 heavy (non-hydrogen) atoms. The van der Waals surface area contributed by atoms with E-state index in [-0.39, 0.29) is 4.90 Å². The first kappa shape index (κ1) is 19.2. The molecule has 0 aliphatic heterocycles. The van der Waals surface area contributed by atoms with Gasteiger partial charge in [-0.1, -0.05) is 72.3 Å². The summed E-state index contributed by atoms with van der Waals surface area (Å²) in [7, 11) is -3.95. The number of hydrogen-bond donors (Lipinski definition) is 0. The van der Waals surface area contributed by atoms with Gasteiger partial charge in [0.1, 0.15) is 4.90 Å². The summed E-state index contributed by atoms with van der Waals surface area (Å²) in [6, 6.07) is 24.6. The lowest BCUT2D eigenvalue weighted by molar-refractivity contribution is 0.485. The molecular weight excluding hydrogens is 380 g/mol. The first-order valence-corrected chi connectivity index (χ1v) is 10.9. The Bertz CT molecular complexity index is 1300. The molecule has 0 aromatic heterocycles. The smallest absolute Gasteiger partial charge is 0.339 e. The molecule has 4 heteroatoms. The van der Waals surface area contributed by atoms with Crippen molar-refractivity contribution in [3.05, 3.63) is 95.6 Å². The number of para-hydroxylation sites is 1. The molecule has 0 aliphatic rings. The summed E-state index contributed by atoms with van der Waals surface area (Å²) in [5.41, 5.74) is 4.58. The van der Waals surface area contributed by atoms with Crippen LogP contribution in [0.15, 0.2) is 83.8 Å². The maximum Gasteiger partial charge on any atom is 0.339 e. The summed E-state index contributed by atoms with van der Waals surface area (Å²) in [6.45, 7) is 5.81. The van der Waals surface area contributed by atoms with E-state index in [0.717, 1.165) is 38.6 Å². The van der Waals surface area contributed by atoms with Gasteiger partial charge in [0.2, 0.25) is 0 Å². The van der Waals surface area contributed by atoms with Crippen LogP contribution in [0.1, 0.15) is 16.7 Å². The van der Waals surface area contributed by atoms with Gasteiger partial charge in [0, 0.05) is 5.56 Å². The van der Waals surface area contributed by atoms with Crippen LogP contribution < -0.4 is 4.18 Å². The van der Waals surface area contributed by atoms with Gasteiger partial charge in [-0.2, -0.15) is 8.42 Å². The molecule has 0 heterocycles. The zero-order chi connectivity index (χ0) is 20.6. The topological polar surface area (TPSA) is 43.4 Å². The first-order chi connectivity index (χ1) is 13.9. The summed E-state index contributed by atoms with van der Waals surface area (Å²) in [5, 5.41) is 2.16. The number of rotatable bonds is 4. The second-order valence-corrected chi connectivity index (χ2v) is 8.83. The molecule has 0 spiro atoms. The summed E-state index contributed by atoms with van der Waals surface area (Å²) < 4.78 is 31.7. The number of aryl methyl sites for hydroxylation is 3. The molecule has 4 rings (SSSR count). The second-order valence-electron chi connectivity index (χ2n) is 7.28. The van der Waals surface area contributed by atoms with Crippen molar-refractivity contribution in [2.24, 2.45) is 0 Å². The molecule has 146 valence electrons. The van der Waals surface area contributed by atoms with E-state index in [9.17, 15) is 8.42 Å². The molecule has 3 nitrogen and oxygen atoms in total. The molecule has 0 atom stereocenters. The Hall–Kier alpha value is -3.11. The van der Waals surface area contributed by atoms with Gasteiger partial charge in [-0.15, -0.1) is 0 Å². The van der Waals surface area contributed by atoms with E-state index in [2.05, 4.69) is 24.3 Å². The van der Waals surface area contributed by atoms with Crippen molar-refractivity contribution < 1.29 is 12.6 Å². The quantitative estimate of drug-likeness (QED) is 0.382. The van der Waals surface area contributed by atoms with Crippen molar-refractivity contribution >= 4 is 20.9 Å². The second kappa shape index (κ2) is 7.37. The fraction of sp³-hybridized carbons (Fsp3) is 0.120. The van der Waals surface area contributed by atoms with E-state index in [1.165, 1.54) is 0 Å². The lowest BCUT2D eigenvalue weighted by Gasteiger charge is -2.17. The van der Waals surface area contributed by atoms with Gasteiger partial charge in [-0.05, 0) is 60.4 Å². The van der Waals surface area contributed by atoms with Crippen LogP contribution in [0.4, 0.5) is 0 Å². The van der Waals surface area contributed by atoms with Crippen LogP contribution in [0, 0.1) is 20.8 Å². The monoisotopic (exact) mass is 402 g/mol. The Morgan fingerprint density at radius 3 is 2.17 bits per heavy atom. The van der Waals surface area contributed by atoms with Crippen LogP contribution in [0.25, 0.3) is 21.9 Å². The van der Waals surface area contributed by atoms with Crippen molar-refractivity contribution in [3.63, 3.8) is 0 Å². The first-order valence-electron chi connectivity index (χ1n) is 9.46. The fourth-order valence-corrected chi connectivity index (χ4v) is 4.57. The third-order valence-corrected chi connectivity index (χ3v) is 6.36. The summed E-state index contributed by atoms with van der Waals surface area (Å²) in [5.74, 6) is 0.368. The van der Waals surface area contributed by atoms with Gasteiger partial charge in [-0.3, -0.25) is 0 Å². The lowest BCUT2D eigenvalue weighted by Crippen LogP contribution is -2.11. The predicted molar refractivity (Wildman–Crippen MR) is 118 cm³/mol. The van der Waals surface area contributed by atoms with E-state index >= 15 is 0 Å². The molecule has 0 bridgehead atoms. The Kier molecular flexibility index (Phi) is 4.89. The highest BCUT2D eigenvalue weighted by Gasteiger charge is 2.22. The standard InChI is InChI=1S/C25H22O3S/c1-17-11-15-21(16-12-17)29(26,27)28-25-19(3)7-6-10-23(25)24-18(2)13-14-20-8-4-5-9-22(20)24/h4-16H,1-3H3. The zero-order valence-electron chi connectivity index (χ0n) is 16.6. The third-order valence-electron chi connectivity index (χ3n) is 5.12. The molecule has 0 saturated carbocycles. The van der Waals surface area contributed by atoms with Crippen molar-refractivity contribution in [1.29, 1.82) is 0 Å². The van der Waals surface area contributed by atoms with Gasteiger partial charge in [0.15, 0.2) is 5.75 Å². The van der Waals surface area contributed by atoms with Gasteiger partial charge >= 0.3 is 10.1 Å². The van der Waals surface area contributed by atoms with Crippen LogP contribution in [0.2, 0.25) is 0 Å². The molecule has 0 saturated heterocycles. The van der Waals surface area contributed by atoms with E-state index < -0.39 is 10.1 Å². The average molecular weight is 403 g/mol. The molecule has 4 aromatic carbocycles. The average Bonchev–Trinajstić information content (AvgIpc) is 2.70. The van der Waals surface area contributed by atoms with Crippen molar-refractivity contribution in [2.75, 3.05) is 0 Å². The fourth-order valence-electron chi connectivity index (χ4n) is 3.56. The SMILES string of the molecule is Cc1ccc(S(=O)(=O)Oc2c(C)cccc2-c2c(C)ccc3ccccc23)cc1. The Labute approximate surface area is 171 Å². The highest BCUT2D eigenvalue weighted by molar-refractivity contribution is 7.87. The van der Waals surface area contributed by atoms with Crippen LogP contribution in [-0.4, -0.2) is 8.42 Å². The minimum atomic E-state index is -3.95. The molecule has 0 radical (unpaired) electrons. The van der Waals surface area contributed by atoms with Crippen LogP contribution in [0.5, 0.6) is 5.75 Å². The van der Waals surface area contributed by atoms with Crippen LogP contribution in [-0.2, 0) is 10.1 Å². The summed E-state index contributed by atoms with van der Waals surface area (Å²) >= 11 is 0. The van der Waals surface area contributed by atoms with Crippen LogP contribution in [0.3, 0.4) is 0 Å². The van der Waals surface area contributed by atoms with Crippen molar-refractivity contribution in [1.82, 2.24) is 0 Å². The summed E-state index contributed by atoms with van der Waals surface area (Å²) in [4.78, 5) is 0.145. The Morgan fingerprint density at radius 1 is 0.690 bits per heavy atom. The molecule has 0 aliphatic carbocycles. The zero-order valence-corrected chi connectivity index (χ0v) is 17.5. The third kappa shape index (κ3) is 3.64. The normalized spacial score (nSPS) is 11.6. The highest BCUT2D eigenvalue weighted by Crippen LogP contribution is 2.40. The van der Waals surface area contributed by atoms with E-state index in [0.29, 0.717) is 5.75 Å². The number of benzene rings is 4. The molecule has 0 fully saturated rings. The number of hydrogen-bond acceptors (Lipinski definition) is 3. The highest BCUT2D eigenvalue weighted by atomic mass is 32.2. The van der Waals surface area contributed by atoms with Crippen molar-refractivity contribution in [2.45, 2.75) is 25.7 Å². The summed E-state index contributed by atoms with van der Waals surface area (Å²) in [6.07, 6.45) is 0. The van der Waals surface area contributed by atoms with Gasteiger partial charge in [0.05, 0.1) is 0 Å².